The van der Waals surface area contributed by atoms with Crippen molar-refractivity contribution in [3.8, 4) is 0 Å². The summed E-state index contributed by atoms with van der Waals surface area (Å²) in [6.45, 7) is 5.57. The van der Waals surface area contributed by atoms with Gasteiger partial charge in [-0.2, -0.15) is 0 Å². The molecule has 2 rings (SSSR count). The molecule has 2 saturated heterocycles. The van der Waals surface area contributed by atoms with Gasteiger partial charge in [-0.15, -0.1) is 11.8 Å². The molecular formula is C13H20N2O4S. The predicted molar refractivity (Wildman–Crippen MR) is 75.0 cm³/mol. The number of ether oxygens (including phenoxy) is 1. The number of carbonyl (C=O) groups is 3. The molecule has 2 fully saturated rings. The molecule has 0 spiro atoms. The highest BCUT2D eigenvalue weighted by Crippen LogP contribution is 2.47. The molecule has 7 heteroatoms. The fourth-order valence-corrected chi connectivity index (χ4v) is 4.08. The maximum absolute atomic E-state index is 12.3. The minimum Gasteiger partial charge on any atom is -0.464 e. The molecule has 0 aromatic carbocycles. The van der Waals surface area contributed by atoms with Crippen molar-refractivity contribution in [2.45, 2.75) is 50.6 Å². The summed E-state index contributed by atoms with van der Waals surface area (Å²) in [7, 11) is 0. The quantitative estimate of drug-likeness (QED) is 0.766. The van der Waals surface area contributed by atoms with Crippen LogP contribution in [0.2, 0.25) is 0 Å². The molecule has 2 heterocycles. The van der Waals surface area contributed by atoms with Crippen LogP contribution in [-0.4, -0.2) is 52.0 Å². The number of hydrogen-bond donors (Lipinski definition) is 1. The Bertz CT molecular complexity index is 442. The Hall–Kier alpha value is -1.24. The fourth-order valence-electron chi connectivity index (χ4n) is 2.65. The Labute approximate surface area is 122 Å². The van der Waals surface area contributed by atoms with Gasteiger partial charge in [-0.3, -0.25) is 9.59 Å². The highest BCUT2D eigenvalue weighted by Gasteiger charge is 2.53. The van der Waals surface area contributed by atoms with Crippen molar-refractivity contribution in [3.05, 3.63) is 0 Å². The van der Waals surface area contributed by atoms with Crippen molar-refractivity contribution >= 4 is 29.5 Å². The van der Waals surface area contributed by atoms with E-state index in [1.165, 1.54) is 0 Å². The molecular weight excluding hydrogens is 280 g/mol. The Morgan fingerprint density at radius 2 is 2.30 bits per heavy atom. The van der Waals surface area contributed by atoms with Crippen molar-refractivity contribution in [1.82, 2.24) is 10.2 Å². The zero-order valence-corrected chi connectivity index (χ0v) is 12.8. The largest absolute Gasteiger partial charge is 0.464 e. The molecule has 0 bridgehead atoms. The van der Waals surface area contributed by atoms with Gasteiger partial charge < -0.3 is 15.0 Å². The lowest BCUT2D eigenvalue weighted by Gasteiger charge is -2.30. The molecule has 0 aromatic heterocycles. The average molecular weight is 300 g/mol. The van der Waals surface area contributed by atoms with Crippen LogP contribution in [0.25, 0.3) is 0 Å². The lowest BCUT2D eigenvalue weighted by molar-refractivity contribution is -0.147. The van der Waals surface area contributed by atoms with E-state index in [9.17, 15) is 14.4 Å². The van der Waals surface area contributed by atoms with Crippen molar-refractivity contribution < 1.29 is 19.1 Å². The number of rotatable bonds is 4. The third kappa shape index (κ3) is 2.63. The van der Waals surface area contributed by atoms with Gasteiger partial charge >= 0.3 is 5.97 Å². The van der Waals surface area contributed by atoms with E-state index >= 15 is 0 Å². The maximum atomic E-state index is 12.3. The van der Waals surface area contributed by atoms with Crippen molar-refractivity contribution in [1.29, 1.82) is 0 Å². The molecule has 112 valence electrons. The minimum atomic E-state index is -0.697. The van der Waals surface area contributed by atoms with Gasteiger partial charge in [0.05, 0.1) is 11.5 Å². The first-order valence-corrected chi connectivity index (χ1v) is 7.80. The second-order valence-corrected chi connectivity index (χ2v) is 6.75. The Morgan fingerprint density at radius 3 is 2.95 bits per heavy atom. The zero-order valence-electron chi connectivity index (χ0n) is 12.0. The summed E-state index contributed by atoms with van der Waals surface area (Å²) in [5.41, 5.74) is 0. The van der Waals surface area contributed by atoms with Gasteiger partial charge in [0.25, 0.3) is 0 Å². The van der Waals surface area contributed by atoms with Crippen LogP contribution in [0, 0.1) is 0 Å². The molecule has 0 saturated carbocycles. The van der Waals surface area contributed by atoms with E-state index in [1.807, 2.05) is 6.92 Å². The van der Waals surface area contributed by atoms with Crippen LogP contribution in [0.5, 0.6) is 0 Å². The van der Waals surface area contributed by atoms with Crippen LogP contribution in [-0.2, 0) is 19.1 Å². The Morgan fingerprint density at radius 1 is 1.60 bits per heavy atom. The van der Waals surface area contributed by atoms with E-state index in [2.05, 4.69) is 5.32 Å². The average Bonchev–Trinajstić information content (AvgIpc) is 2.87. The standard InChI is InChI=1S/C13H20N2O4S/c1-4-19-12(18)8(2)14-11(17)9-7-20-13(3)6-5-10(16)15(9)13/h8-9H,4-7H2,1-3H3,(H,14,17). The van der Waals surface area contributed by atoms with E-state index in [0.717, 1.165) is 6.42 Å². The van der Waals surface area contributed by atoms with Crippen LogP contribution in [0.3, 0.4) is 0 Å². The number of esters is 1. The third-order valence-corrected chi connectivity index (χ3v) is 5.25. The third-order valence-electron chi connectivity index (χ3n) is 3.75. The van der Waals surface area contributed by atoms with Gasteiger partial charge in [-0.1, -0.05) is 0 Å². The van der Waals surface area contributed by atoms with Crippen molar-refractivity contribution in [3.63, 3.8) is 0 Å². The summed E-state index contributed by atoms with van der Waals surface area (Å²) < 4.78 is 4.86. The first kappa shape index (κ1) is 15.2. The Balaban J connectivity index is 2.00. The van der Waals surface area contributed by atoms with Gasteiger partial charge in [0.2, 0.25) is 11.8 Å². The summed E-state index contributed by atoms with van der Waals surface area (Å²) in [5, 5.41) is 2.64. The molecule has 3 unspecified atom stereocenters. The number of amides is 2. The molecule has 2 amide bonds. The molecule has 0 aromatic rings. The molecule has 2 aliphatic heterocycles. The van der Waals surface area contributed by atoms with Crippen LogP contribution < -0.4 is 5.32 Å². The van der Waals surface area contributed by atoms with Crippen LogP contribution in [0.1, 0.15) is 33.6 Å². The Kier molecular flexibility index (Phi) is 4.27. The molecule has 20 heavy (non-hydrogen) atoms. The highest BCUT2D eigenvalue weighted by atomic mass is 32.2. The molecule has 2 aliphatic rings. The van der Waals surface area contributed by atoms with Gasteiger partial charge in [-0.05, 0) is 27.2 Å². The smallest absolute Gasteiger partial charge is 0.328 e. The molecule has 1 N–H and O–H groups in total. The summed E-state index contributed by atoms with van der Waals surface area (Å²) in [5.74, 6) is -0.149. The lowest BCUT2D eigenvalue weighted by atomic mass is 10.2. The number of fused-ring (bicyclic) bond motifs is 1. The number of thioether (sulfide) groups is 1. The van der Waals surface area contributed by atoms with E-state index in [1.54, 1.807) is 30.5 Å². The normalized spacial score (nSPS) is 30.1. The van der Waals surface area contributed by atoms with Crippen LogP contribution in [0.15, 0.2) is 0 Å². The molecule has 6 nitrogen and oxygen atoms in total. The first-order chi connectivity index (χ1) is 9.39. The van der Waals surface area contributed by atoms with Gasteiger partial charge in [0.15, 0.2) is 0 Å². The van der Waals surface area contributed by atoms with Crippen molar-refractivity contribution in [2.75, 3.05) is 12.4 Å². The van der Waals surface area contributed by atoms with Crippen LogP contribution >= 0.6 is 11.8 Å². The summed E-state index contributed by atoms with van der Waals surface area (Å²) in [6.07, 6.45) is 1.26. The monoisotopic (exact) mass is 300 g/mol. The summed E-state index contributed by atoms with van der Waals surface area (Å²) in [6, 6.07) is -1.19. The summed E-state index contributed by atoms with van der Waals surface area (Å²) in [4.78, 5) is 37.1. The number of hydrogen-bond acceptors (Lipinski definition) is 5. The zero-order chi connectivity index (χ0) is 14.9. The van der Waals surface area contributed by atoms with Gasteiger partial charge in [-0.25, -0.2) is 4.79 Å². The molecule has 3 atom stereocenters. The molecule has 0 radical (unpaired) electrons. The SMILES string of the molecule is CCOC(=O)C(C)NC(=O)C1CSC2(C)CCC(=O)N12. The number of nitrogens with one attached hydrogen (secondary N) is 1. The van der Waals surface area contributed by atoms with Gasteiger partial charge in [0, 0.05) is 12.2 Å². The first-order valence-electron chi connectivity index (χ1n) is 6.82. The van der Waals surface area contributed by atoms with E-state index in [4.69, 9.17) is 4.74 Å². The fraction of sp³-hybridized carbons (Fsp3) is 0.769. The lowest BCUT2D eigenvalue weighted by Crippen LogP contribution is -2.53. The topological polar surface area (TPSA) is 75.7 Å². The maximum Gasteiger partial charge on any atom is 0.328 e. The second-order valence-electron chi connectivity index (χ2n) is 5.25. The number of carbonyl (C=O) groups excluding carboxylic acids is 3. The summed E-state index contributed by atoms with van der Waals surface area (Å²) >= 11 is 1.63. The molecule has 0 aliphatic carbocycles. The van der Waals surface area contributed by atoms with E-state index in [-0.39, 0.29) is 23.3 Å². The van der Waals surface area contributed by atoms with E-state index < -0.39 is 18.1 Å². The van der Waals surface area contributed by atoms with E-state index in [0.29, 0.717) is 12.2 Å². The minimum absolute atomic E-state index is 0.0152. The van der Waals surface area contributed by atoms with Crippen LogP contribution in [0.4, 0.5) is 0 Å². The van der Waals surface area contributed by atoms with Crippen molar-refractivity contribution in [2.24, 2.45) is 0 Å². The predicted octanol–water partition coefficient (Wildman–Crippen LogP) is 0.508. The number of nitrogens with zero attached hydrogens (tertiary/aromatic N) is 1. The van der Waals surface area contributed by atoms with Gasteiger partial charge in [0.1, 0.15) is 12.1 Å². The second kappa shape index (κ2) is 5.63. The highest BCUT2D eigenvalue weighted by molar-refractivity contribution is 8.01.